The fourth-order valence-corrected chi connectivity index (χ4v) is 3.73. The maximum absolute atomic E-state index is 12.6. The van der Waals surface area contributed by atoms with Crippen LogP contribution in [0.1, 0.15) is 20.8 Å². The van der Waals surface area contributed by atoms with Gasteiger partial charge in [-0.1, -0.05) is 13.8 Å². The van der Waals surface area contributed by atoms with Gasteiger partial charge >= 0.3 is 0 Å². The molecular formula is C13H26N4O3S. The van der Waals surface area contributed by atoms with E-state index in [4.69, 9.17) is 4.74 Å². The summed E-state index contributed by atoms with van der Waals surface area (Å²) < 4.78 is 33.4. The monoisotopic (exact) mass is 318 g/mol. The number of ether oxygens (including phenoxy) is 1. The molecule has 1 rings (SSSR count). The molecule has 8 heteroatoms. The van der Waals surface area contributed by atoms with Crippen molar-refractivity contribution in [2.75, 3.05) is 33.4 Å². The van der Waals surface area contributed by atoms with Gasteiger partial charge in [-0.25, -0.2) is 8.42 Å². The lowest BCUT2D eigenvalue weighted by molar-refractivity contribution is 0.142. The van der Waals surface area contributed by atoms with Crippen LogP contribution in [-0.4, -0.2) is 61.9 Å². The van der Waals surface area contributed by atoms with E-state index in [-0.39, 0.29) is 10.9 Å². The molecule has 0 aliphatic heterocycles. The molecule has 0 bridgehead atoms. The molecule has 0 aliphatic rings. The van der Waals surface area contributed by atoms with Gasteiger partial charge in [-0.2, -0.15) is 9.40 Å². The van der Waals surface area contributed by atoms with Gasteiger partial charge in [0, 0.05) is 32.4 Å². The van der Waals surface area contributed by atoms with Gasteiger partial charge in [0.2, 0.25) is 10.0 Å². The van der Waals surface area contributed by atoms with Gasteiger partial charge in [0.15, 0.2) is 0 Å². The van der Waals surface area contributed by atoms with Gasteiger partial charge < -0.3 is 10.1 Å². The van der Waals surface area contributed by atoms with E-state index in [1.165, 1.54) is 10.5 Å². The average molecular weight is 318 g/mol. The highest BCUT2D eigenvalue weighted by Crippen LogP contribution is 2.17. The smallest absolute Gasteiger partial charge is 0.246 e. The predicted octanol–water partition coefficient (Wildman–Crippen LogP) is 0.538. The van der Waals surface area contributed by atoms with Gasteiger partial charge in [0.25, 0.3) is 0 Å². The number of rotatable bonds is 10. The molecule has 0 radical (unpaired) electrons. The summed E-state index contributed by atoms with van der Waals surface area (Å²) >= 11 is 0. The standard InChI is InChI=1S/C13H26N4O3S/c1-5-14-7-8-16-10-13(9-15-16)21(18,19)17(6-2)12(3)11-20-4/h9-10,12,14H,5-8,11H2,1-4H3. The van der Waals surface area contributed by atoms with Crippen LogP contribution in [0.2, 0.25) is 0 Å². The van der Waals surface area contributed by atoms with Crippen LogP contribution in [0.25, 0.3) is 0 Å². The summed E-state index contributed by atoms with van der Waals surface area (Å²) in [7, 11) is -1.97. The minimum atomic E-state index is -3.53. The molecule has 122 valence electrons. The van der Waals surface area contributed by atoms with Crippen LogP contribution in [0.4, 0.5) is 0 Å². The number of nitrogens with zero attached hydrogens (tertiary/aromatic N) is 3. The van der Waals surface area contributed by atoms with Gasteiger partial charge in [-0.3, -0.25) is 4.68 Å². The summed E-state index contributed by atoms with van der Waals surface area (Å²) in [6.45, 7) is 8.72. The van der Waals surface area contributed by atoms with Crippen LogP contribution in [0.5, 0.6) is 0 Å². The van der Waals surface area contributed by atoms with Crippen molar-refractivity contribution < 1.29 is 13.2 Å². The number of aromatic nitrogens is 2. The highest BCUT2D eigenvalue weighted by Gasteiger charge is 2.28. The maximum Gasteiger partial charge on any atom is 0.246 e. The number of hydrogen-bond acceptors (Lipinski definition) is 5. The first-order chi connectivity index (χ1) is 9.97. The lowest BCUT2D eigenvalue weighted by Crippen LogP contribution is -2.40. The highest BCUT2D eigenvalue weighted by atomic mass is 32.2. The van der Waals surface area contributed by atoms with Gasteiger partial charge in [-0.15, -0.1) is 0 Å². The van der Waals surface area contributed by atoms with E-state index in [2.05, 4.69) is 10.4 Å². The van der Waals surface area contributed by atoms with Crippen molar-refractivity contribution in [2.45, 2.75) is 38.3 Å². The number of hydrogen-bond donors (Lipinski definition) is 1. The number of likely N-dealkylation sites (N-methyl/N-ethyl adjacent to an activating group) is 2. The summed E-state index contributed by atoms with van der Waals surface area (Å²) in [5, 5.41) is 7.29. The molecule has 0 spiro atoms. The van der Waals surface area contributed by atoms with E-state index in [0.717, 1.165) is 13.1 Å². The molecule has 1 heterocycles. The zero-order valence-corrected chi connectivity index (χ0v) is 14.1. The summed E-state index contributed by atoms with van der Waals surface area (Å²) in [4.78, 5) is 0.226. The third kappa shape index (κ3) is 4.77. The lowest BCUT2D eigenvalue weighted by Gasteiger charge is -2.25. The van der Waals surface area contributed by atoms with Crippen LogP contribution < -0.4 is 5.32 Å². The Morgan fingerprint density at radius 2 is 2.19 bits per heavy atom. The average Bonchev–Trinajstić information content (AvgIpc) is 2.89. The SMILES string of the molecule is CCNCCn1cc(S(=O)(=O)N(CC)C(C)COC)cn1. The third-order valence-corrected chi connectivity index (χ3v) is 5.24. The molecule has 0 aliphatic carbocycles. The Kier molecular flexibility index (Phi) is 7.30. The number of sulfonamides is 1. The Bertz CT molecular complexity index is 515. The van der Waals surface area contributed by atoms with Gasteiger partial charge in [0.1, 0.15) is 4.90 Å². The molecule has 1 atom stereocenters. The number of nitrogens with one attached hydrogen (secondary N) is 1. The van der Waals surface area contributed by atoms with E-state index in [0.29, 0.717) is 19.7 Å². The van der Waals surface area contributed by atoms with E-state index in [9.17, 15) is 8.42 Å². The van der Waals surface area contributed by atoms with Crippen LogP contribution in [0.3, 0.4) is 0 Å². The summed E-state index contributed by atoms with van der Waals surface area (Å²) in [6, 6.07) is -0.213. The fourth-order valence-electron chi connectivity index (χ4n) is 2.15. The van der Waals surface area contributed by atoms with Gasteiger partial charge in [-0.05, 0) is 13.5 Å². The Balaban J connectivity index is 2.85. The van der Waals surface area contributed by atoms with Gasteiger partial charge in [0.05, 0.1) is 19.3 Å². The van der Waals surface area contributed by atoms with Crippen LogP contribution in [0, 0.1) is 0 Å². The molecule has 1 unspecified atom stereocenters. The second kappa shape index (κ2) is 8.47. The first-order valence-corrected chi connectivity index (χ1v) is 8.65. The first-order valence-electron chi connectivity index (χ1n) is 7.21. The Morgan fingerprint density at radius 3 is 2.76 bits per heavy atom. The van der Waals surface area contributed by atoms with Crippen molar-refractivity contribution >= 4 is 10.0 Å². The van der Waals surface area contributed by atoms with Crippen molar-refractivity contribution in [2.24, 2.45) is 0 Å². The molecule has 0 saturated heterocycles. The van der Waals surface area contributed by atoms with E-state index < -0.39 is 10.0 Å². The highest BCUT2D eigenvalue weighted by molar-refractivity contribution is 7.89. The van der Waals surface area contributed by atoms with Crippen molar-refractivity contribution in [3.8, 4) is 0 Å². The zero-order valence-electron chi connectivity index (χ0n) is 13.2. The lowest BCUT2D eigenvalue weighted by atomic mass is 10.4. The second-order valence-corrected chi connectivity index (χ2v) is 6.70. The molecule has 0 fully saturated rings. The minimum absolute atomic E-state index is 0.213. The van der Waals surface area contributed by atoms with E-state index >= 15 is 0 Å². The quantitative estimate of drug-likeness (QED) is 0.637. The molecule has 0 aromatic carbocycles. The topological polar surface area (TPSA) is 76.5 Å². The third-order valence-electron chi connectivity index (χ3n) is 3.19. The van der Waals surface area contributed by atoms with Crippen LogP contribution in [0.15, 0.2) is 17.3 Å². The van der Waals surface area contributed by atoms with Crippen molar-refractivity contribution in [1.29, 1.82) is 0 Å². The van der Waals surface area contributed by atoms with Crippen LogP contribution >= 0.6 is 0 Å². The molecule has 0 amide bonds. The molecular weight excluding hydrogens is 292 g/mol. The number of methoxy groups -OCH3 is 1. The summed E-state index contributed by atoms with van der Waals surface area (Å²) in [5.41, 5.74) is 0. The van der Waals surface area contributed by atoms with Crippen molar-refractivity contribution in [1.82, 2.24) is 19.4 Å². The van der Waals surface area contributed by atoms with Crippen LogP contribution in [-0.2, 0) is 21.3 Å². The minimum Gasteiger partial charge on any atom is -0.383 e. The Labute approximate surface area is 127 Å². The molecule has 7 nitrogen and oxygen atoms in total. The normalized spacial score (nSPS) is 13.8. The van der Waals surface area contributed by atoms with E-state index in [1.54, 1.807) is 18.0 Å². The Hall–Kier alpha value is -0.960. The predicted molar refractivity (Wildman–Crippen MR) is 81.7 cm³/mol. The summed E-state index contributed by atoms with van der Waals surface area (Å²) in [5.74, 6) is 0. The van der Waals surface area contributed by atoms with E-state index in [1.807, 2.05) is 20.8 Å². The molecule has 21 heavy (non-hydrogen) atoms. The molecule has 1 aromatic rings. The first kappa shape index (κ1) is 18.1. The second-order valence-electron chi connectivity index (χ2n) is 4.81. The fraction of sp³-hybridized carbons (Fsp3) is 0.769. The Morgan fingerprint density at radius 1 is 1.48 bits per heavy atom. The maximum atomic E-state index is 12.6. The molecule has 1 N–H and O–H groups in total. The molecule has 0 saturated carbocycles. The van der Waals surface area contributed by atoms with Crippen molar-refractivity contribution in [3.05, 3.63) is 12.4 Å². The summed E-state index contributed by atoms with van der Waals surface area (Å²) in [6.07, 6.45) is 2.98. The largest absolute Gasteiger partial charge is 0.383 e. The zero-order chi connectivity index (χ0) is 15.9. The molecule has 1 aromatic heterocycles. The van der Waals surface area contributed by atoms with Crippen molar-refractivity contribution in [3.63, 3.8) is 0 Å².